The fourth-order valence-corrected chi connectivity index (χ4v) is 3.13. The van der Waals surface area contributed by atoms with E-state index in [1.54, 1.807) is 0 Å². The minimum absolute atomic E-state index is 0.164. The number of imidazole rings is 1. The van der Waals surface area contributed by atoms with E-state index in [1.165, 1.54) is 24.5 Å². The quantitative estimate of drug-likeness (QED) is 0.831. The summed E-state index contributed by atoms with van der Waals surface area (Å²) in [5.41, 5.74) is 1.22. The largest absolute Gasteiger partial charge is 0.393 e. The summed E-state index contributed by atoms with van der Waals surface area (Å²) in [5, 5.41) is 9.66. The highest BCUT2D eigenvalue weighted by atomic mass is 16.3. The average Bonchev–Trinajstić information content (AvgIpc) is 2.93. The zero-order valence-electron chi connectivity index (χ0n) is 10.5. The second-order valence-electron chi connectivity index (χ2n) is 5.28. The normalized spacial score (nSPS) is 29.5. The number of hydrogen-bond acceptors (Lipinski definition) is 3. The Bertz CT molecular complexity index is 401. The number of nitrogens with zero attached hydrogens (tertiary/aromatic N) is 3. The van der Waals surface area contributed by atoms with Gasteiger partial charge in [0.2, 0.25) is 0 Å². The van der Waals surface area contributed by atoms with E-state index in [4.69, 9.17) is 0 Å². The van der Waals surface area contributed by atoms with Crippen LogP contribution in [0.4, 0.5) is 0 Å². The van der Waals surface area contributed by atoms with Gasteiger partial charge in [0, 0.05) is 37.3 Å². The third-order valence-electron chi connectivity index (χ3n) is 4.18. The van der Waals surface area contributed by atoms with Gasteiger partial charge < -0.3 is 14.6 Å². The van der Waals surface area contributed by atoms with Gasteiger partial charge in [-0.3, -0.25) is 0 Å². The minimum atomic E-state index is -0.164. The second kappa shape index (κ2) is 4.42. The molecule has 2 atom stereocenters. The lowest BCUT2D eigenvalue weighted by molar-refractivity contribution is 0.142. The number of likely N-dealkylation sites (N-methyl/N-ethyl adjacent to an activating group) is 1. The van der Waals surface area contributed by atoms with Gasteiger partial charge in [0.1, 0.15) is 5.82 Å². The van der Waals surface area contributed by atoms with Crippen molar-refractivity contribution in [2.75, 3.05) is 19.6 Å². The molecule has 1 fully saturated rings. The first-order chi connectivity index (χ1) is 8.28. The highest BCUT2D eigenvalue weighted by Gasteiger charge is 2.29. The number of aliphatic hydroxyl groups excluding tert-OH is 1. The minimum Gasteiger partial charge on any atom is -0.393 e. The number of rotatable bonds is 2. The van der Waals surface area contributed by atoms with Gasteiger partial charge in [-0.2, -0.15) is 0 Å². The van der Waals surface area contributed by atoms with Gasteiger partial charge in [0.05, 0.1) is 6.10 Å². The predicted molar refractivity (Wildman–Crippen MR) is 66.0 cm³/mol. The lowest BCUT2D eigenvalue weighted by Crippen LogP contribution is -2.25. The van der Waals surface area contributed by atoms with Gasteiger partial charge in [-0.25, -0.2) is 4.98 Å². The number of hydrogen-bond donors (Lipinski definition) is 1. The van der Waals surface area contributed by atoms with Crippen LogP contribution in [0.25, 0.3) is 0 Å². The maximum Gasteiger partial charge on any atom is 0.113 e. The van der Waals surface area contributed by atoms with Crippen LogP contribution >= 0.6 is 0 Å². The highest BCUT2D eigenvalue weighted by molar-refractivity contribution is 5.14. The molecular formula is C13H21N3O. The first-order valence-corrected chi connectivity index (χ1v) is 6.72. The van der Waals surface area contributed by atoms with Crippen molar-refractivity contribution in [1.82, 2.24) is 14.5 Å². The Morgan fingerprint density at radius 3 is 3.06 bits per heavy atom. The van der Waals surface area contributed by atoms with E-state index in [-0.39, 0.29) is 6.10 Å². The molecule has 3 rings (SSSR count). The Kier molecular flexibility index (Phi) is 2.92. The fraction of sp³-hybridized carbons (Fsp3) is 0.769. The molecule has 0 saturated carbocycles. The summed E-state index contributed by atoms with van der Waals surface area (Å²) in [7, 11) is 0. The van der Waals surface area contributed by atoms with Crippen LogP contribution in [0.5, 0.6) is 0 Å². The molecular weight excluding hydrogens is 214 g/mol. The molecule has 94 valence electrons. The van der Waals surface area contributed by atoms with Crippen LogP contribution in [0, 0.1) is 0 Å². The van der Waals surface area contributed by atoms with Gasteiger partial charge in [-0.05, 0) is 25.9 Å². The van der Waals surface area contributed by atoms with Crippen molar-refractivity contribution in [2.24, 2.45) is 0 Å². The molecule has 4 nitrogen and oxygen atoms in total. The van der Waals surface area contributed by atoms with Crippen LogP contribution in [0.3, 0.4) is 0 Å². The molecule has 17 heavy (non-hydrogen) atoms. The van der Waals surface area contributed by atoms with E-state index < -0.39 is 0 Å². The van der Waals surface area contributed by atoms with E-state index in [0.29, 0.717) is 5.92 Å². The molecule has 0 bridgehead atoms. The topological polar surface area (TPSA) is 41.3 Å². The standard InChI is InChI=1S/C13H21N3O/c1-2-15-5-3-10(9-15)13-14-8-11-7-12(17)4-6-16(11)13/h8,10,12,17H,2-7,9H2,1H3. The Hall–Kier alpha value is -0.870. The number of fused-ring (bicyclic) bond motifs is 1. The summed E-state index contributed by atoms with van der Waals surface area (Å²) in [6, 6.07) is 0. The number of aliphatic hydroxyl groups is 1. The molecule has 1 saturated heterocycles. The molecule has 0 aliphatic carbocycles. The molecule has 3 heterocycles. The van der Waals surface area contributed by atoms with E-state index >= 15 is 0 Å². The molecule has 0 amide bonds. The van der Waals surface area contributed by atoms with Crippen molar-refractivity contribution in [2.45, 2.75) is 44.8 Å². The fourth-order valence-electron chi connectivity index (χ4n) is 3.13. The maximum atomic E-state index is 9.66. The summed E-state index contributed by atoms with van der Waals surface area (Å²) in [6.45, 7) is 6.65. The van der Waals surface area contributed by atoms with Crippen LogP contribution in [0.2, 0.25) is 0 Å². The molecule has 1 aromatic rings. The molecule has 0 radical (unpaired) electrons. The van der Waals surface area contributed by atoms with Crippen molar-refractivity contribution in [1.29, 1.82) is 0 Å². The van der Waals surface area contributed by atoms with Crippen molar-refractivity contribution >= 4 is 0 Å². The summed E-state index contributed by atoms with van der Waals surface area (Å²) in [5.74, 6) is 1.85. The van der Waals surface area contributed by atoms with E-state index in [2.05, 4.69) is 21.4 Å². The molecule has 2 aliphatic heterocycles. The molecule has 2 aliphatic rings. The molecule has 4 heteroatoms. The molecule has 1 N–H and O–H groups in total. The highest BCUT2D eigenvalue weighted by Crippen LogP contribution is 2.29. The van der Waals surface area contributed by atoms with Crippen LogP contribution in [0.1, 0.15) is 37.2 Å². The van der Waals surface area contributed by atoms with E-state index in [1.807, 2.05) is 6.20 Å². The van der Waals surface area contributed by atoms with Crippen molar-refractivity contribution in [3.63, 3.8) is 0 Å². The zero-order valence-corrected chi connectivity index (χ0v) is 10.5. The van der Waals surface area contributed by atoms with Crippen molar-refractivity contribution in [3.05, 3.63) is 17.7 Å². The molecule has 1 aromatic heterocycles. The number of likely N-dealkylation sites (tertiary alicyclic amines) is 1. The van der Waals surface area contributed by atoms with Gasteiger partial charge in [0.15, 0.2) is 0 Å². The van der Waals surface area contributed by atoms with Crippen LogP contribution < -0.4 is 0 Å². The first kappa shape index (κ1) is 11.2. The van der Waals surface area contributed by atoms with Crippen molar-refractivity contribution in [3.8, 4) is 0 Å². The Labute approximate surface area is 102 Å². The Morgan fingerprint density at radius 2 is 2.29 bits per heavy atom. The summed E-state index contributed by atoms with van der Waals surface area (Å²) in [4.78, 5) is 7.10. The maximum absolute atomic E-state index is 9.66. The van der Waals surface area contributed by atoms with Crippen LogP contribution in [0.15, 0.2) is 6.20 Å². The Morgan fingerprint density at radius 1 is 1.41 bits per heavy atom. The lowest BCUT2D eigenvalue weighted by atomic mass is 10.1. The van der Waals surface area contributed by atoms with Crippen LogP contribution in [-0.4, -0.2) is 45.3 Å². The lowest BCUT2D eigenvalue weighted by Gasteiger charge is -2.22. The summed E-state index contributed by atoms with van der Waals surface area (Å²) in [6.07, 6.45) is 4.68. The monoisotopic (exact) mass is 235 g/mol. The SMILES string of the molecule is CCN1CCC(c2ncc3n2CCC(O)C3)C1. The third-order valence-corrected chi connectivity index (χ3v) is 4.18. The van der Waals surface area contributed by atoms with Gasteiger partial charge in [0.25, 0.3) is 0 Å². The molecule has 0 aromatic carbocycles. The third kappa shape index (κ3) is 2.00. The van der Waals surface area contributed by atoms with Gasteiger partial charge in [-0.15, -0.1) is 0 Å². The van der Waals surface area contributed by atoms with Gasteiger partial charge in [-0.1, -0.05) is 6.92 Å². The number of aromatic nitrogens is 2. The summed E-state index contributed by atoms with van der Waals surface area (Å²) < 4.78 is 2.34. The molecule has 0 spiro atoms. The second-order valence-corrected chi connectivity index (χ2v) is 5.28. The summed E-state index contributed by atoms with van der Waals surface area (Å²) >= 11 is 0. The van der Waals surface area contributed by atoms with E-state index in [9.17, 15) is 5.11 Å². The van der Waals surface area contributed by atoms with Crippen molar-refractivity contribution < 1.29 is 5.11 Å². The first-order valence-electron chi connectivity index (χ1n) is 6.72. The molecule has 2 unspecified atom stereocenters. The van der Waals surface area contributed by atoms with Crippen LogP contribution in [-0.2, 0) is 13.0 Å². The zero-order chi connectivity index (χ0) is 11.8. The average molecular weight is 235 g/mol. The van der Waals surface area contributed by atoms with E-state index in [0.717, 1.165) is 32.5 Å². The Balaban J connectivity index is 1.80. The predicted octanol–water partition coefficient (Wildman–Crippen LogP) is 0.999. The smallest absolute Gasteiger partial charge is 0.113 e. The van der Waals surface area contributed by atoms with Gasteiger partial charge >= 0.3 is 0 Å².